The number of rotatable bonds is 16. The molecule has 24 heavy (non-hydrogen) atoms. The van der Waals surface area contributed by atoms with E-state index in [2.05, 4.69) is 0 Å². The van der Waals surface area contributed by atoms with Crippen molar-refractivity contribution in [1.82, 2.24) is 0 Å². The van der Waals surface area contributed by atoms with Crippen LogP contribution in [0.1, 0.15) is 104 Å². The van der Waals surface area contributed by atoms with Gasteiger partial charge in [-0.25, -0.2) is 8.42 Å². The number of aliphatic hydroxyl groups excluding tert-OH is 1. The van der Waals surface area contributed by atoms with E-state index in [9.17, 15) is 13.0 Å². The van der Waals surface area contributed by atoms with Crippen LogP contribution in [0.5, 0.6) is 0 Å². The molecule has 0 bridgehead atoms. The molecule has 1 N–H and O–H groups in total. The zero-order chi connectivity index (χ0) is 17.6. The first-order valence-corrected chi connectivity index (χ1v) is 11.0. The quantitative estimate of drug-likeness (QED) is 0.254. The normalized spacial score (nSPS) is 14.2. The third-order valence-electron chi connectivity index (χ3n) is 4.42. The van der Waals surface area contributed by atoms with Crippen LogP contribution in [-0.2, 0) is 10.1 Å². The first-order chi connectivity index (χ1) is 10.9. The molecule has 0 amide bonds. The number of hydrogen-bond donors (Lipinski definition) is 1. The summed E-state index contributed by atoms with van der Waals surface area (Å²) in [6, 6.07) is 0. The molecule has 0 aromatic heterocycles. The van der Waals surface area contributed by atoms with Gasteiger partial charge in [0, 0.05) is 5.25 Å². The van der Waals surface area contributed by atoms with Gasteiger partial charge in [0.25, 0.3) is 0 Å². The van der Waals surface area contributed by atoms with Crippen LogP contribution >= 0.6 is 0 Å². The van der Waals surface area contributed by atoms with E-state index in [0.717, 1.165) is 38.5 Å². The molecule has 0 aliphatic rings. The van der Waals surface area contributed by atoms with Gasteiger partial charge in [-0.1, -0.05) is 77.6 Å². The summed E-state index contributed by atoms with van der Waals surface area (Å²) in [5.74, 6) is 0. The largest absolute Gasteiger partial charge is 1.00 e. The predicted octanol–water partition coefficient (Wildman–Crippen LogP) is 1.77. The van der Waals surface area contributed by atoms with Crippen molar-refractivity contribution in [3.63, 3.8) is 0 Å². The van der Waals surface area contributed by atoms with Gasteiger partial charge in [-0.15, -0.1) is 0 Å². The molecule has 0 aliphatic heterocycles. The average molecular weight is 373 g/mol. The fourth-order valence-electron chi connectivity index (χ4n) is 2.98. The molecule has 4 nitrogen and oxygen atoms in total. The van der Waals surface area contributed by atoms with Gasteiger partial charge in [0.1, 0.15) is 0 Å². The molecular formula is C18H37NaO4S. The number of unbranched alkanes of at least 4 members (excludes halogenated alkanes) is 9. The van der Waals surface area contributed by atoms with E-state index in [4.69, 9.17) is 5.11 Å². The van der Waals surface area contributed by atoms with E-state index in [-0.39, 0.29) is 35.7 Å². The molecule has 2 unspecified atom stereocenters. The minimum absolute atomic E-state index is 0. The summed E-state index contributed by atoms with van der Waals surface area (Å²) < 4.78 is 33.3. The van der Waals surface area contributed by atoms with Crippen LogP contribution in [0, 0.1) is 0 Å². The fourth-order valence-corrected chi connectivity index (χ4v) is 3.96. The molecule has 0 radical (unpaired) electrons. The second-order valence-corrected chi connectivity index (χ2v) is 8.52. The molecule has 140 valence electrons. The van der Waals surface area contributed by atoms with E-state index >= 15 is 0 Å². The van der Waals surface area contributed by atoms with Gasteiger partial charge < -0.3 is 9.66 Å². The SMILES string of the molecule is CCCC(CCCCCCCCCCCCC(C)O)S(=O)(=O)[O-].[Na+]. The molecule has 0 fully saturated rings. The molecule has 0 spiro atoms. The van der Waals surface area contributed by atoms with Gasteiger partial charge in [0.05, 0.1) is 16.2 Å². The summed E-state index contributed by atoms with van der Waals surface area (Å²) in [6.07, 6.45) is 14.1. The van der Waals surface area contributed by atoms with E-state index in [0.29, 0.717) is 12.8 Å². The summed E-state index contributed by atoms with van der Waals surface area (Å²) >= 11 is 0. The van der Waals surface area contributed by atoms with Crippen molar-refractivity contribution >= 4 is 10.1 Å². The molecule has 0 saturated carbocycles. The summed E-state index contributed by atoms with van der Waals surface area (Å²) in [6.45, 7) is 3.76. The Morgan fingerprint density at radius 3 is 1.50 bits per heavy atom. The molecule has 0 aliphatic carbocycles. The summed E-state index contributed by atoms with van der Waals surface area (Å²) in [5, 5.41) is 8.48. The number of hydrogen-bond acceptors (Lipinski definition) is 4. The number of aliphatic hydroxyl groups is 1. The molecule has 0 aromatic rings. The average Bonchev–Trinajstić information content (AvgIpc) is 2.45. The zero-order valence-corrected chi connectivity index (χ0v) is 19.0. The van der Waals surface area contributed by atoms with E-state index in [1.165, 1.54) is 38.5 Å². The monoisotopic (exact) mass is 372 g/mol. The summed E-state index contributed by atoms with van der Waals surface area (Å²) in [4.78, 5) is 0. The Kier molecular flexibility index (Phi) is 19.5. The maximum Gasteiger partial charge on any atom is 1.00 e. The van der Waals surface area contributed by atoms with Crippen LogP contribution in [0.25, 0.3) is 0 Å². The van der Waals surface area contributed by atoms with Crippen molar-refractivity contribution in [3.8, 4) is 0 Å². The standard InChI is InChI=1S/C18H38O4S.Na/c1-3-14-18(23(20,21)22)16-13-11-9-7-5-4-6-8-10-12-15-17(2)19;/h17-19H,3-16H2,1-2H3,(H,20,21,22);/q;+1/p-1. The first-order valence-electron chi connectivity index (χ1n) is 9.50. The third-order valence-corrected chi connectivity index (χ3v) is 5.70. The second-order valence-electron chi connectivity index (χ2n) is 6.87. The maximum atomic E-state index is 11.1. The van der Waals surface area contributed by atoms with E-state index in [1.54, 1.807) is 0 Å². The van der Waals surface area contributed by atoms with Crippen molar-refractivity contribution in [2.24, 2.45) is 0 Å². The van der Waals surface area contributed by atoms with Gasteiger partial charge >= 0.3 is 29.6 Å². The topological polar surface area (TPSA) is 77.4 Å². The van der Waals surface area contributed by atoms with Gasteiger partial charge in [0.15, 0.2) is 0 Å². The Balaban J connectivity index is 0. The van der Waals surface area contributed by atoms with Crippen molar-refractivity contribution in [3.05, 3.63) is 0 Å². The van der Waals surface area contributed by atoms with Gasteiger partial charge in [0.2, 0.25) is 0 Å². The molecule has 2 atom stereocenters. The van der Waals surface area contributed by atoms with Crippen molar-refractivity contribution in [2.45, 2.75) is 115 Å². The van der Waals surface area contributed by atoms with Crippen LogP contribution in [-0.4, -0.2) is 29.4 Å². The summed E-state index contributed by atoms with van der Waals surface area (Å²) in [5.41, 5.74) is 0. The molecule has 0 saturated heterocycles. The van der Waals surface area contributed by atoms with Crippen LogP contribution in [0.3, 0.4) is 0 Å². The predicted molar refractivity (Wildman–Crippen MR) is 95.5 cm³/mol. The van der Waals surface area contributed by atoms with Crippen LogP contribution in [0.4, 0.5) is 0 Å². The maximum absolute atomic E-state index is 11.1. The Hall–Kier alpha value is 0.870. The molecule has 0 rings (SSSR count). The van der Waals surface area contributed by atoms with Gasteiger partial charge in [-0.05, 0) is 26.2 Å². The molecular weight excluding hydrogens is 335 g/mol. The smallest absolute Gasteiger partial charge is 0.748 e. The van der Waals surface area contributed by atoms with Crippen molar-refractivity contribution in [1.29, 1.82) is 0 Å². The Bertz CT molecular complexity index is 358. The molecule has 6 heteroatoms. The van der Waals surface area contributed by atoms with Gasteiger partial charge in [-0.3, -0.25) is 0 Å². The van der Waals surface area contributed by atoms with Crippen molar-refractivity contribution in [2.75, 3.05) is 0 Å². The zero-order valence-electron chi connectivity index (χ0n) is 16.1. The Labute approximate surface area is 172 Å². The second kappa shape index (κ2) is 17.3. The van der Waals surface area contributed by atoms with Gasteiger partial charge in [-0.2, -0.15) is 0 Å². The first kappa shape index (κ1) is 27.1. The molecule has 0 heterocycles. The van der Waals surface area contributed by atoms with Crippen LogP contribution < -0.4 is 29.6 Å². The minimum Gasteiger partial charge on any atom is -0.748 e. The Morgan fingerprint density at radius 1 is 0.792 bits per heavy atom. The fraction of sp³-hybridized carbons (Fsp3) is 1.00. The third kappa shape index (κ3) is 17.7. The molecule has 0 aromatic carbocycles. The van der Waals surface area contributed by atoms with E-state index < -0.39 is 15.4 Å². The Morgan fingerprint density at radius 2 is 1.17 bits per heavy atom. The minimum atomic E-state index is -4.11. The summed E-state index contributed by atoms with van der Waals surface area (Å²) in [7, 11) is -4.11. The van der Waals surface area contributed by atoms with Crippen molar-refractivity contribution < 1.29 is 47.6 Å². The van der Waals surface area contributed by atoms with E-state index in [1.807, 2.05) is 13.8 Å². The van der Waals surface area contributed by atoms with Crippen LogP contribution in [0.2, 0.25) is 0 Å². The van der Waals surface area contributed by atoms with Crippen LogP contribution in [0.15, 0.2) is 0 Å².